The summed E-state index contributed by atoms with van der Waals surface area (Å²) in [5.41, 5.74) is 5.76. The van der Waals surface area contributed by atoms with E-state index < -0.39 is 0 Å². The number of hydrogen-bond donors (Lipinski definition) is 1. The highest BCUT2D eigenvalue weighted by Gasteiger charge is 2.08. The van der Waals surface area contributed by atoms with Crippen molar-refractivity contribution in [3.8, 4) is 0 Å². The van der Waals surface area contributed by atoms with Crippen molar-refractivity contribution in [1.82, 2.24) is 0 Å². The zero-order valence-electron chi connectivity index (χ0n) is 8.53. The Morgan fingerprint density at radius 1 is 1.36 bits per heavy atom. The Morgan fingerprint density at radius 3 is 2.57 bits per heavy atom. The SMILES string of the molecule is CC(N)CC(C)Sc1ccccc1Br. The van der Waals surface area contributed by atoms with E-state index in [9.17, 15) is 0 Å². The Labute approximate surface area is 98.6 Å². The number of benzene rings is 1. The molecule has 0 saturated heterocycles. The lowest BCUT2D eigenvalue weighted by atomic mass is 10.2. The molecule has 2 unspecified atom stereocenters. The van der Waals surface area contributed by atoms with E-state index in [1.54, 1.807) is 0 Å². The predicted molar refractivity (Wildman–Crippen MR) is 67.7 cm³/mol. The summed E-state index contributed by atoms with van der Waals surface area (Å²) >= 11 is 5.41. The molecule has 0 saturated carbocycles. The standard InChI is InChI=1S/C11H16BrNS/c1-8(13)7-9(2)14-11-6-4-3-5-10(11)12/h3-6,8-9H,7,13H2,1-2H3. The monoisotopic (exact) mass is 273 g/mol. The fourth-order valence-electron chi connectivity index (χ4n) is 1.33. The van der Waals surface area contributed by atoms with Gasteiger partial charge < -0.3 is 5.73 Å². The third-order valence-corrected chi connectivity index (χ3v) is 4.03. The minimum absolute atomic E-state index is 0.278. The van der Waals surface area contributed by atoms with Gasteiger partial charge in [0.25, 0.3) is 0 Å². The number of halogens is 1. The van der Waals surface area contributed by atoms with Crippen LogP contribution in [0.1, 0.15) is 20.3 Å². The number of thioether (sulfide) groups is 1. The van der Waals surface area contributed by atoms with E-state index in [-0.39, 0.29) is 6.04 Å². The van der Waals surface area contributed by atoms with E-state index in [4.69, 9.17) is 5.73 Å². The number of hydrogen-bond acceptors (Lipinski definition) is 2. The van der Waals surface area contributed by atoms with Crippen molar-refractivity contribution in [2.24, 2.45) is 5.73 Å². The highest BCUT2D eigenvalue weighted by Crippen LogP contribution is 2.31. The molecule has 2 atom stereocenters. The maximum atomic E-state index is 5.76. The smallest absolute Gasteiger partial charge is 0.0311 e. The molecule has 0 aliphatic heterocycles. The van der Waals surface area contributed by atoms with Gasteiger partial charge in [-0.05, 0) is 41.4 Å². The Hall–Kier alpha value is 0.01000. The summed E-state index contributed by atoms with van der Waals surface area (Å²) in [7, 11) is 0. The molecule has 0 aromatic heterocycles. The van der Waals surface area contributed by atoms with Gasteiger partial charge in [0.05, 0.1) is 0 Å². The summed E-state index contributed by atoms with van der Waals surface area (Å²) in [6, 6.07) is 8.57. The van der Waals surface area contributed by atoms with Crippen LogP contribution < -0.4 is 5.73 Å². The topological polar surface area (TPSA) is 26.0 Å². The highest BCUT2D eigenvalue weighted by atomic mass is 79.9. The zero-order valence-corrected chi connectivity index (χ0v) is 10.9. The summed E-state index contributed by atoms with van der Waals surface area (Å²) in [5.74, 6) is 0. The Kier molecular flexibility index (Phi) is 4.99. The van der Waals surface area contributed by atoms with Crippen LogP contribution >= 0.6 is 27.7 Å². The van der Waals surface area contributed by atoms with Gasteiger partial charge in [-0.2, -0.15) is 0 Å². The van der Waals surface area contributed by atoms with Crippen LogP contribution in [-0.2, 0) is 0 Å². The third-order valence-electron chi connectivity index (χ3n) is 1.87. The van der Waals surface area contributed by atoms with Crippen LogP contribution in [0.3, 0.4) is 0 Å². The van der Waals surface area contributed by atoms with Gasteiger partial charge in [-0.3, -0.25) is 0 Å². The Morgan fingerprint density at radius 2 is 2.00 bits per heavy atom. The second-order valence-electron chi connectivity index (χ2n) is 3.57. The van der Waals surface area contributed by atoms with Crippen LogP contribution in [0.5, 0.6) is 0 Å². The first-order valence-electron chi connectivity index (χ1n) is 4.76. The molecule has 3 heteroatoms. The average Bonchev–Trinajstić information content (AvgIpc) is 2.07. The second-order valence-corrected chi connectivity index (χ2v) is 5.91. The van der Waals surface area contributed by atoms with E-state index in [1.807, 2.05) is 17.8 Å². The predicted octanol–water partition coefficient (Wildman–Crippen LogP) is 3.67. The first-order valence-corrected chi connectivity index (χ1v) is 6.43. The van der Waals surface area contributed by atoms with E-state index in [0.717, 1.165) is 6.42 Å². The van der Waals surface area contributed by atoms with Gasteiger partial charge in [-0.1, -0.05) is 19.1 Å². The van der Waals surface area contributed by atoms with Crippen LogP contribution in [0.4, 0.5) is 0 Å². The zero-order chi connectivity index (χ0) is 10.6. The molecule has 0 bridgehead atoms. The minimum Gasteiger partial charge on any atom is -0.328 e. The lowest BCUT2D eigenvalue weighted by Gasteiger charge is -2.14. The second kappa shape index (κ2) is 5.79. The molecule has 1 aromatic carbocycles. The van der Waals surface area contributed by atoms with Crippen molar-refractivity contribution in [2.75, 3.05) is 0 Å². The van der Waals surface area contributed by atoms with Gasteiger partial charge in [-0.25, -0.2) is 0 Å². The van der Waals surface area contributed by atoms with Crippen molar-refractivity contribution in [3.63, 3.8) is 0 Å². The number of rotatable bonds is 4. The van der Waals surface area contributed by atoms with Gasteiger partial charge in [0.1, 0.15) is 0 Å². The molecule has 2 N–H and O–H groups in total. The van der Waals surface area contributed by atoms with Gasteiger partial charge in [0.2, 0.25) is 0 Å². The average molecular weight is 274 g/mol. The van der Waals surface area contributed by atoms with Crippen LogP contribution in [0, 0.1) is 0 Å². The third kappa shape index (κ3) is 4.03. The fraction of sp³-hybridized carbons (Fsp3) is 0.455. The van der Waals surface area contributed by atoms with E-state index in [1.165, 1.54) is 9.37 Å². The Balaban J connectivity index is 2.56. The quantitative estimate of drug-likeness (QED) is 0.848. The molecular weight excluding hydrogens is 258 g/mol. The van der Waals surface area contributed by atoms with Crippen molar-refractivity contribution in [2.45, 2.75) is 36.5 Å². The molecule has 0 fully saturated rings. The molecule has 1 nitrogen and oxygen atoms in total. The molecule has 0 heterocycles. The maximum absolute atomic E-state index is 5.76. The van der Waals surface area contributed by atoms with E-state index in [0.29, 0.717) is 5.25 Å². The number of nitrogens with two attached hydrogens (primary N) is 1. The summed E-state index contributed by atoms with van der Waals surface area (Å²) in [6.45, 7) is 4.27. The van der Waals surface area contributed by atoms with Gasteiger partial charge in [0, 0.05) is 20.7 Å². The lowest BCUT2D eigenvalue weighted by molar-refractivity contribution is 0.663. The molecule has 1 rings (SSSR count). The minimum atomic E-state index is 0.278. The normalized spacial score (nSPS) is 15.1. The molecule has 0 spiro atoms. The van der Waals surface area contributed by atoms with Crippen molar-refractivity contribution in [3.05, 3.63) is 28.7 Å². The molecule has 0 aliphatic rings. The lowest BCUT2D eigenvalue weighted by Crippen LogP contribution is -2.19. The molecule has 78 valence electrons. The first-order chi connectivity index (χ1) is 6.59. The molecule has 1 aromatic rings. The Bertz CT molecular complexity index is 288. The van der Waals surface area contributed by atoms with Crippen molar-refractivity contribution < 1.29 is 0 Å². The summed E-state index contributed by atoms with van der Waals surface area (Å²) in [5, 5.41) is 0.564. The van der Waals surface area contributed by atoms with Crippen LogP contribution in [0.25, 0.3) is 0 Å². The van der Waals surface area contributed by atoms with Crippen molar-refractivity contribution >= 4 is 27.7 Å². The van der Waals surface area contributed by atoms with Crippen LogP contribution in [0.15, 0.2) is 33.6 Å². The maximum Gasteiger partial charge on any atom is 0.0311 e. The molecule has 0 aliphatic carbocycles. The fourth-order valence-corrected chi connectivity index (χ4v) is 3.06. The molecule has 14 heavy (non-hydrogen) atoms. The van der Waals surface area contributed by atoms with Crippen LogP contribution in [-0.4, -0.2) is 11.3 Å². The first kappa shape index (κ1) is 12.1. The van der Waals surface area contributed by atoms with E-state index in [2.05, 4.69) is 48.0 Å². The molecular formula is C11H16BrNS. The van der Waals surface area contributed by atoms with Gasteiger partial charge in [-0.15, -0.1) is 11.8 Å². The summed E-state index contributed by atoms with van der Waals surface area (Å²) in [6.07, 6.45) is 1.05. The van der Waals surface area contributed by atoms with Gasteiger partial charge in [0.15, 0.2) is 0 Å². The largest absolute Gasteiger partial charge is 0.328 e. The van der Waals surface area contributed by atoms with Crippen molar-refractivity contribution in [1.29, 1.82) is 0 Å². The highest BCUT2D eigenvalue weighted by molar-refractivity contribution is 9.10. The van der Waals surface area contributed by atoms with Gasteiger partial charge >= 0.3 is 0 Å². The summed E-state index contributed by atoms with van der Waals surface area (Å²) < 4.78 is 1.17. The summed E-state index contributed by atoms with van der Waals surface area (Å²) in [4.78, 5) is 1.29. The van der Waals surface area contributed by atoms with E-state index >= 15 is 0 Å². The molecule has 0 radical (unpaired) electrons. The van der Waals surface area contributed by atoms with Crippen LogP contribution in [0.2, 0.25) is 0 Å². The molecule has 0 amide bonds.